The predicted molar refractivity (Wildman–Crippen MR) is 106 cm³/mol. The molecule has 0 aromatic carbocycles. The van der Waals surface area contributed by atoms with Crippen LogP contribution in [-0.4, -0.2) is 6.88 Å². The molecule has 0 saturated carbocycles. The first-order valence-electron chi connectivity index (χ1n) is 7.82. The SMILES string of the molecule is CC1=CC(C)[C]([Zr]([CH3])([CH3])(=[SiH2])[C]2=C(C)C=C(C)C2C)=C1C.Cl.Cl. The summed E-state index contributed by atoms with van der Waals surface area (Å²) in [6, 6.07) is 0. The Balaban J connectivity index is 0.00000220. The molecule has 0 saturated heterocycles. The number of allylic oxidation sites excluding steroid dienone is 8. The minimum absolute atomic E-state index is 0. The van der Waals surface area contributed by atoms with Gasteiger partial charge in [-0.15, -0.1) is 24.8 Å². The molecule has 2 atom stereocenters. The summed E-state index contributed by atoms with van der Waals surface area (Å²) in [5.41, 5.74) is 6.23. The maximum atomic E-state index is 2.66. The fourth-order valence-corrected chi connectivity index (χ4v) is 27.2. The largest absolute Gasteiger partial charge is 0.147 e. The minimum Gasteiger partial charge on any atom is -0.147 e. The van der Waals surface area contributed by atoms with E-state index in [0.29, 0.717) is 11.8 Å². The van der Waals surface area contributed by atoms with Crippen LogP contribution in [0.2, 0.25) is 9.26 Å². The second-order valence-electron chi connectivity index (χ2n) is 8.07. The summed E-state index contributed by atoms with van der Waals surface area (Å²) >= 11 is -3.02. The van der Waals surface area contributed by atoms with E-state index in [9.17, 15) is 0 Å². The molecule has 0 amide bonds. The molecule has 126 valence electrons. The maximum absolute atomic E-state index is 3.02. The summed E-state index contributed by atoms with van der Waals surface area (Å²) in [7, 11) is 0. The first-order chi connectivity index (χ1) is 8.96. The molecule has 0 nitrogen and oxygen atoms in total. The quantitative estimate of drug-likeness (QED) is 0.471. The average molecular weight is 439 g/mol. The van der Waals surface area contributed by atoms with E-state index in [1.807, 2.05) is 6.56 Å². The van der Waals surface area contributed by atoms with Crippen molar-refractivity contribution in [1.82, 2.24) is 0 Å². The smallest absolute Gasteiger partial charge is 0.147 e. The van der Waals surface area contributed by atoms with Gasteiger partial charge in [0.25, 0.3) is 0 Å². The van der Waals surface area contributed by atoms with Crippen LogP contribution in [0, 0.1) is 11.8 Å². The third-order valence-electron chi connectivity index (χ3n) is 5.66. The molecule has 22 heavy (non-hydrogen) atoms. The molecule has 0 aromatic heterocycles. The molecule has 0 aliphatic heterocycles. The van der Waals surface area contributed by atoms with E-state index in [1.165, 1.54) is 5.57 Å². The van der Waals surface area contributed by atoms with Crippen LogP contribution in [0.1, 0.15) is 41.5 Å². The Labute approximate surface area is 151 Å². The third kappa shape index (κ3) is 3.37. The molecular weight excluding hydrogens is 406 g/mol. The number of rotatable bonds is 2. The van der Waals surface area contributed by atoms with Crippen LogP contribution in [0.25, 0.3) is 0 Å². The number of hydrogen-bond donors (Lipinski definition) is 0. The molecule has 2 rings (SSSR count). The second kappa shape index (κ2) is 6.87. The molecule has 0 aromatic rings. The molecular formula is C18H32Cl2SiZr. The van der Waals surface area contributed by atoms with Crippen LogP contribution in [0.3, 0.4) is 0 Å². The van der Waals surface area contributed by atoms with E-state index >= 15 is 0 Å². The summed E-state index contributed by atoms with van der Waals surface area (Å²) in [5.74, 6) is 1.29. The van der Waals surface area contributed by atoms with Gasteiger partial charge in [-0.1, -0.05) is 0 Å². The normalized spacial score (nSPS) is 25.7. The van der Waals surface area contributed by atoms with E-state index in [4.69, 9.17) is 0 Å². The van der Waals surface area contributed by atoms with Crippen LogP contribution in [0.5, 0.6) is 0 Å². The van der Waals surface area contributed by atoms with Crippen molar-refractivity contribution in [3.05, 3.63) is 41.0 Å². The van der Waals surface area contributed by atoms with E-state index in [2.05, 4.69) is 69.8 Å². The van der Waals surface area contributed by atoms with Crippen LogP contribution in [0.15, 0.2) is 41.0 Å². The van der Waals surface area contributed by atoms with Crippen molar-refractivity contribution in [2.45, 2.75) is 50.8 Å². The molecule has 0 radical (unpaired) electrons. The zero-order valence-corrected chi connectivity index (χ0v) is 20.8. The minimum atomic E-state index is -3.02. The number of hydrogen-bond acceptors (Lipinski definition) is 0. The van der Waals surface area contributed by atoms with Crippen LogP contribution >= 0.6 is 24.8 Å². The molecule has 0 bridgehead atoms. The van der Waals surface area contributed by atoms with Crippen molar-refractivity contribution in [3.63, 3.8) is 0 Å². The van der Waals surface area contributed by atoms with Gasteiger partial charge < -0.3 is 0 Å². The maximum Gasteiger partial charge on any atom is -0.147 e. The van der Waals surface area contributed by atoms with Crippen LogP contribution < -0.4 is 0 Å². The van der Waals surface area contributed by atoms with E-state index < -0.39 is 17.4 Å². The Bertz CT molecular complexity index is 671. The Morgan fingerprint density at radius 1 is 0.955 bits per heavy atom. The molecule has 0 spiro atoms. The van der Waals surface area contributed by atoms with Gasteiger partial charge in [-0.3, -0.25) is 0 Å². The van der Waals surface area contributed by atoms with Crippen molar-refractivity contribution in [3.8, 4) is 0 Å². The Morgan fingerprint density at radius 2 is 1.45 bits per heavy atom. The summed E-state index contributed by atoms with van der Waals surface area (Å²) < 4.78 is 8.96. The van der Waals surface area contributed by atoms with Gasteiger partial charge in [0.15, 0.2) is 0 Å². The topological polar surface area (TPSA) is 0 Å². The van der Waals surface area contributed by atoms with E-state index in [0.717, 1.165) is 0 Å². The van der Waals surface area contributed by atoms with Crippen molar-refractivity contribution in [2.75, 3.05) is 0 Å². The van der Waals surface area contributed by atoms with Gasteiger partial charge >= 0.3 is 128 Å². The molecule has 2 aliphatic rings. The van der Waals surface area contributed by atoms with Gasteiger partial charge in [0.05, 0.1) is 0 Å². The van der Waals surface area contributed by atoms with E-state index in [-0.39, 0.29) is 24.8 Å². The summed E-state index contributed by atoms with van der Waals surface area (Å²) in [4.78, 5) is 0. The fraction of sp³-hybridized carbons (Fsp3) is 0.556. The Morgan fingerprint density at radius 3 is 1.77 bits per heavy atom. The average Bonchev–Trinajstić information content (AvgIpc) is 2.65. The van der Waals surface area contributed by atoms with Crippen molar-refractivity contribution >= 4 is 31.7 Å². The molecule has 0 fully saturated rings. The zero-order chi connectivity index (χ0) is 15.5. The summed E-state index contributed by atoms with van der Waals surface area (Å²) in [6.07, 6.45) is 4.92. The Kier molecular flexibility index (Phi) is 7.07. The van der Waals surface area contributed by atoms with Crippen LogP contribution in [0.4, 0.5) is 0 Å². The predicted octanol–water partition coefficient (Wildman–Crippen LogP) is 5.90. The molecule has 0 heterocycles. The first-order valence-corrected chi connectivity index (χ1v) is 21.1. The van der Waals surface area contributed by atoms with Gasteiger partial charge in [-0.05, 0) is 0 Å². The molecule has 2 aliphatic carbocycles. The number of halogens is 2. The monoisotopic (exact) mass is 436 g/mol. The summed E-state index contributed by atoms with van der Waals surface area (Å²) in [5, 5.41) is 0. The van der Waals surface area contributed by atoms with Gasteiger partial charge in [-0.2, -0.15) is 0 Å². The van der Waals surface area contributed by atoms with Gasteiger partial charge in [-0.25, -0.2) is 0 Å². The second-order valence-corrected chi connectivity index (χ2v) is 36.5. The Hall–Kier alpha value is 0.640. The molecule has 2 unspecified atom stereocenters. The van der Waals surface area contributed by atoms with Gasteiger partial charge in [0.2, 0.25) is 0 Å². The van der Waals surface area contributed by atoms with Crippen molar-refractivity contribution in [1.29, 1.82) is 0 Å². The van der Waals surface area contributed by atoms with Gasteiger partial charge in [0, 0.05) is 0 Å². The zero-order valence-electron chi connectivity index (χ0n) is 15.3. The first kappa shape index (κ1) is 22.6. The fourth-order valence-electron chi connectivity index (χ4n) is 5.05. The third-order valence-corrected chi connectivity index (χ3v) is 22.7. The van der Waals surface area contributed by atoms with Gasteiger partial charge in [0.1, 0.15) is 0 Å². The standard InChI is InChI=1S/2C8H11.2CH3.2ClH.H2Si.Zr/c2*1-6-4-7(2)8(3)5-6;;;;;;/h4,8H,1-3H3;4,6H,1-3H3;2*1H3;2*1H;1H2;. The van der Waals surface area contributed by atoms with Crippen LogP contribution in [-0.2, 0) is 17.4 Å². The molecule has 4 heteroatoms. The van der Waals surface area contributed by atoms with Crippen molar-refractivity contribution in [2.24, 2.45) is 11.8 Å². The summed E-state index contributed by atoms with van der Waals surface area (Å²) in [6.45, 7) is 16.5. The van der Waals surface area contributed by atoms with Crippen molar-refractivity contribution < 1.29 is 17.4 Å². The molecule has 0 N–H and O–H groups in total. The van der Waals surface area contributed by atoms with E-state index in [1.54, 1.807) is 16.7 Å².